The topological polar surface area (TPSA) is 98.5 Å². The minimum Gasteiger partial charge on any atom is -0.497 e. The molecule has 0 fully saturated rings. The Kier molecular flexibility index (Phi) is 6.82. The van der Waals surface area contributed by atoms with Crippen LogP contribution in [-0.2, 0) is 0 Å². The van der Waals surface area contributed by atoms with E-state index >= 15 is 0 Å². The third-order valence-corrected chi connectivity index (χ3v) is 5.17. The molecular formula is C22H18N2O5S. The molecule has 152 valence electrons. The van der Waals surface area contributed by atoms with Crippen LogP contribution in [0.1, 0.15) is 20.7 Å². The molecule has 0 aromatic heterocycles. The van der Waals surface area contributed by atoms with Gasteiger partial charge in [0, 0.05) is 33.8 Å². The molecule has 1 N–H and O–H groups in total. The maximum Gasteiger partial charge on any atom is 0.270 e. The van der Waals surface area contributed by atoms with E-state index < -0.39 is 4.92 Å². The number of carbonyl (C=O) groups excluding carboxylic acids is 2. The molecule has 0 unspecified atom stereocenters. The molecule has 0 spiro atoms. The average Bonchev–Trinajstić information content (AvgIpc) is 2.77. The smallest absolute Gasteiger partial charge is 0.270 e. The van der Waals surface area contributed by atoms with Crippen LogP contribution in [0.3, 0.4) is 0 Å². The molecule has 0 saturated heterocycles. The predicted molar refractivity (Wildman–Crippen MR) is 116 cm³/mol. The van der Waals surface area contributed by atoms with Gasteiger partial charge in [-0.05, 0) is 36.4 Å². The zero-order chi connectivity index (χ0) is 21.5. The highest BCUT2D eigenvalue weighted by atomic mass is 32.2. The third-order valence-electron chi connectivity index (χ3n) is 4.17. The number of ether oxygens (including phenoxy) is 1. The summed E-state index contributed by atoms with van der Waals surface area (Å²) < 4.78 is 5.13. The molecule has 0 radical (unpaired) electrons. The number of rotatable bonds is 8. The molecule has 3 aromatic rings. The Hall–Kier alpha value is -3.65. The summed E-state index contributed by atoms with van der Waals surface area (Å²) in [6.45, 7) is 0. The first-order valence-corrected chi connectivity index (χ1v) is 9.91. The maximum atomic E-state index is 12.4. The number of nitro groups is 1. The fourth-order valence-corrected chi connectivity index (χ4v) is 3.51. The van der Waals surface area contributed by atoms with Crippen molar-refractivity contribution in [2.45, 2.75) is 4.90 Å². The van der Waals surface area contributed by atoms with Gasteiger partial charge in [0.25, 0.3) is 11.6 Å². The van der Waals surface area contributed by atoms with E-state index in [2.05, 4.69) is 5.32 Å². The van der Waals surface area contributed by atoms with Gasteiger partial charge in [-0.3, -0.25) is 19.7 Å². The van der Waals surface area contributed by atoms with E-state index in [1.807, 2.05) is 6.07 Å². The van der Waals surface area contributed by atoms with E-state index in [1.165, 1.54) is 37.1 Å². The molecule has 0 aliphatic heterocycles. The van der Waals surface area contributed by atoms with Gasteiger partial charge in [-0.2, -0.15) is 0 Å². The van der Waals surface area contributed by atoms with E-state index in [-0.39, 0.29) is 23.1 Å². The number of anilines is 1. The van der Waals surface area contributed by atoms with Crippen molar-refractivity contribution in [1.82, 2.24) is 0 Å². The lowest BCUT2D eigenvalue weighted by molar-refractivity contribution is -0.384. The number of Topliss-reactive ketones (excluding diaryl/α,β-unsaturated/α-hetero) is 1. The number of non-ortho nitro benzene ring substituents is 1. The summed E-state index contributed by atoms with van der Waals surface area (Å²) in [6.07, 6.45) is 0. The van der Waals surface area contributed by atoms with Crippen molar-refractivity contribution in [3.63, 3.8) is 0 Å². The molecule has 1 amide bonds. The standard InChI is InChI=1S/C22H18N2O5S/c1-29-19-9-3-6-16(12-19)22(26)23-17-7-4-10-20(13-17)30-14-21(25)15-5-2-8-18(11-15)24(27)28/h2-13H,14H2,1H3,(H,23,26). The normalized spacial score (nSPS) is 10.3. The largest absolute Gasteiger partial charge is 0.497 e. The molecular weight excluding hydrogens is 404 g/mol. The van der Waals surface area contributed by atoms with Crippen molar-refractivity contribution in [3.05, 3.63) is 94.0 Å². The number of methoxy groups -OCH3 is 1. The van der Waals surface area contributed by atoms with Gasteiger partial charge in [0.1, 0.15) is 5.75 Å². The lowest BCUT2D eigenvalue weighted by Gasteiger charge is -2.08. The molecule has 0 aliphatic carbocycles. The summed E-state index contributed by atoms with van der Waals surface area (Å²) in [5.41, 5.74) is 1.23. The highest BCUT2D eigenvalue weighted by molar-refractivity contribution is 8.00. The Morgan fingerprint density at radius 3 is 2.50 bits per heavy atom. The van der Waals surface area contributed by atoms with Crippen LogP contribution in [0.5, 0.6) is 5.75 Å². The van der Waals surface area contributed by atoms with Crippen LogP contribution in [0.4, 0.5) is 11.4 Å². The minimum absolute atomic E-state index is 0.117. The van der Waals surface area contributed by atoms with Gasteiger partial charge in [0.2, 0.25) is 0 Å². The number of ketones is 1. The average molecular weight is 422 g/mol. The van der Waals surface area contributed by atoms with E-state index in [0.29, 0.717) is 22.6 Å². The Morgan fingerprint density at radius 2 is 1.73 bits per heavy atom. The number of nitrogens with one attached hydrogen (secondary N) is 1. The van der Waals surface area contributed by atoms with Gasteiger partial charge < -0.3 is 10.1 Å². The summed E-state index contributed by atoms with van der Waals surface area (Å²) in [5, 5.41) is 13.7. The maximum absolute atomic E-state index is 12.4. The highest BCUT2D eigenvalue weighted by Crippen LogP contribution is 2.24. The van der Waals surface area contributed by atoms with Crippen LogP contribution in [0.15, 0.2) is 77.7 Å². The Bertz CT molecular complexity index is 1100. The van der Waals surface area contributed by atoms with Crippen molar-refractivity contribution >= 4 is 34.8 Å². The molecule has 0 heterocycles. The fourth-order valence-electron chi connectivity index (χ4n) is 2.66. The summed E-state index contributed by atoms with van der Waals surface area (Å²) >= 11 is 1.29. The predicted octanol–water partition coefficient (Wildman–Crippen LogP) is 4.83. The summed E-state index contributed by atoms with van der Waals surface area (Å²) in [7, 11) is 1.53. The number of amides is 1. The minimum atomic E-state index is -0.529. The second-order valence-corrected chi connectivity index (χ2v) is 7.28. The highest BCUT2D eigenvalue weighted by Gasteiger charge is 2.12. The molecule has 0 bridgehead atoms. The fraction of sp³-hybridized carbons (Fsp3) is 0.0909. The molecule has 0 aliphatic rings. The second kappa shape index (κ2) is 9.71. The number of nitro benzene ring substituents is 1. The number of hydrogen-bond donors (Lipinski definition) is 1. The van der Waals surface area contributed by atoms with Crippen molar-refractivity contribution < 1.29 is 19.2 Å². The molecule has 8 heteroatoms. The van der Waals surface area contributed by atoms with E-state index in [9.17, 15) is 19.7 Å². The van der Waals surface area contributed by atoms with Gasteiger partial charge in [0.15, 0.2) is 5.78 Å². The van der Waals surface area contributed by atoms with Crippen molar-refractivity contribution in [1.29, 1.82) is 0 Å². The van der Waals surface area contributed by atoms with E-state index in [1.54, 1.807) is 48.5 Å². The number of carbonyl (C=O) groups is 2. The molecule has 3 rings (SSSR count). The van der Waals surface area contributed by atoms with Crippen LogP contribution in [0.2, 0.25) is 0 Å². The first kappa shape index (κ1) is 21.1. The number of nitrogens with zero attached hydrogens (tertiary/aromatic N) is 1. The van der Waals surface area contributed by atoms with Gasteiger partial charge in [-0.25, -0.2) is 0 Å². The van der Waals surface area contributed by atoms with Crippen LogP contribution in [-0.4, -0.2) is 29.5 Å². The molecule has 7 nitrogen and oxygen atoms in total. The SMILES string of the molecule is COc1cccc(C(=O)Nc2cccc(SCC(=O)c3cccc([N+](=O)[O-])c3)c2)c1. The van der Waals surface area contributed by atoms with E-state index in [4.69, 9.17) is 4.74 Å². The molecule has 30 heavy (non-hydrogen) atoms. The zero-order valence-electron chi connectivity index (χ0n) is 16.0. The monoisotopic (exact) mass is 422 g/mol. The van der Waals surface area contributed by atoms with Crippen molar-refractivity contribution in [2.75, 3.05) is 18.2 Å². The Balaban J connectivity index is 1.64. The van der Waals surface area contributed by atoms with Crippen molar-refractivity contribution in [2.24, 2.45) is 0 Å². The number of thioether (sulfide) groups is 1. The van der Waals surface area contributed by atoms with Crippen molar-refractivity contribution in [3.8, 4) is 5.75 Å². The lowest BCUT2D eigenvalue weighted by atomic mass is 10.1. The van der Waals surface area contributed by atoms with Crippen LogP contribution in [0.25, 0.3) is 0 Å². The lowest BCUT2D eigenvalue weighted by Crippen LogP contribution is -2.11. The van der Waals surface area contributed by atoms with E-state index in [0.717, 1.165) is 4.90 Å². The quantitative estimate of drug-likeness (QED) is 0.242. The van der Waals surface area contributed by atoms with Gasteiger partial charge >= 0.3 is 0 Å². The van der Waals surface area contributed by atoms with Crippen LogP contribution < -0.4 is 10.1 Å². The zero-order valence-corrected chi connectivity index (χ0v) is 16.8. The molecule has 0 atom stereocenters. The summed E-state index contributed by atoms with van der Waals surface area (Å²) in [6, 6.07) is 19.6. The van der Waals surface area contributed by atoms with Gasteiger partial charge in [0.05, 0.1) is 17.8 Å². The second-order valence-electron chi connectivity index (χ2n) is 6.23. The Labute approximate surface area is 177 Å². The third kappa shape index (κ3) is 5.45. The molecule has 0 saturated carbocycles. The summed E-state index contributed by atoms with van der Waals surface area (Å²) in [5.74, 6) is 0.221. The summed E-state index contributed by atoms with van der Waals surface area (Å²) in [4.78, 5) is 36.0. The molecule has 3 aromatic carbocycles. The van der Waals surface area contributed by atoms with Gasteiger partial charge in [-0.1, -0.05) is 24.3 Å². The number of hydrogen-bond acceptors (Lipinski definition) is 6. The van der Waals surface area contributed by atoms with Gasteiger partial charge in [-0.15, -0.1) is 11.8 Å². The van der Waals surface area contributed by atoms with Crippen LogP contribution >= 0.6 is 11.8 Å². The first-order valence-electron chi connectivity index (χ1n) is 8.92. The van der Waals surface area contributed by atoms with Crippen LogP contribution in [0, 0.1) is 10.1 Å². The first-order chi connectivity index (χ1) is 14.5. The Morgan fingerprint density at radius 1 is 1.00 bits per heavy atom. The number of benzene rings is 3.